The maximum absolute atomic E-state index is 12.2. The summed E-state index contributed by atoms with van der Waals surface area (Å²) in [6.07, 6.45) is -1.60. The molecule has 0 amide bonds. The lowest BCUT2D eigenvalue weighted by molar-refractivity contribution is -0.137. The molecule has 3 nitrogen and oxygen atoms in total. The molecule has 0 aliphatic rings. The number of aromatic amines is 1. The fourth-order valence-electron chi connectivity index (χ4n) is 0.932. The number of aldehydes is 1. The highest BCUT2D eigenvalue weighted by Crippen LogP contribution is 2.28. The largest absolute Gasteiger partial charge is 0.417 e. The van der Waals surface area contributed by atoms with E-state index in [0.717, 1.165) is 12.2 Å². The molecule has 1 heterocycles. The molecule has 0 unspecified atom stereocenters. The molecule has 80 valence electrons. The number of pyridine rings is 1. The van der Waals surface area contributed by atoms with Gasteiger partial charge in [0.15, 0.2) is 0 Å². The maximum atomic E-state index is 12.2. The molecular formula is C9H6F3NO2. The Bertz CT molecular complexity index is 445. The fourth-order valence-corrected chi connectivity index (χ4v) is 0.932. The Morgan fingerprint density at radius 1 is 1.33 bits per heavy atom. The van der Waals surface area contributed by atoms with Crippen molar-refractivity contribution in [2.75, 3.05) is 0 Å². The van der Waals surface area contributed by atoms with Gasteiger partial charge in [-0.1, -0.05) is 0 Å². The number of allylic oxidation sites excluding steroid dienone is 1. The molecule has 1 aromatic heterocycles. The first-order valence-electron chi connectivity index (χ1n) is 3.87. The summed E-state index contributed by atoms with van der Waals surface area (Å²) in [5, 5.41) is 0. The predicted molar refractivity (Wildman–Crippen MR) is 47.2 cm³/mol. The van der Waals surface area contributed by atoms with E-state index in [1.165, 1.54) is 0 Å². The van der Waals surface area contributed by atoms with Gasteiger partial charge in [-0.2, -0.15) is 13.2 Å². The van der Waals surface area contributed by atoms with Crippen LogP contribution in [0.5, 0.6) is 0 Å². The van der Waals surface area contributed by atoms with E-state index in [9.17, 15) is 22.8 Å². The zero-order valence-corrected chi connectivity index (χ0v) is 7.34. The average Bonchev–Trinajstić information content (AvgIpc) is 2.15. The lowest BCUT2D eigenvalue weighted by Crippen LogP contribution is -2.14. The first-order valence-corrected chi connectivity index (χ1v) is 3.87. The van der Waals surface area contributed by atoms with Crippen LogP contribution < -0.4 is 5.56 Å². The summed E-state index contributed by atoms with van der Waals surface area (Å²) in [6.45, 7) is 0. The van der Waals surface area contributed by atoms with Gasteiger partial charge in [0.05, 0.1) is 5.56 Å². The molecule has 0 aliphatic carbocycles. The highest BCUT2D eigenvalue weighted by atomic mass is 19.4. The Labute approximate surface area is 82.2 Å². The zero-order valence-electron chi connectivity index (χ0n) is 7.34. The molecule has 1 N–H and O–H groups in total. The number of aromatic nitrogens is 1. The van der Waals surface area contributed by atoms with Crippen molar-refractivity contribution in [1.29, 1.82) is 0 Å². The summed E-state index contributed by atoms with van der Waals surface area (Å²) in [7, 11) is 0. The van der Waals surface area contributed by atoms with Crippen LogP contribution in [0.3, 0.4) is 0 Å². The van der Waals surface area contributed by atoms with Gasteiger partial charge in [0.1, 0.15) is 6.29 Å². The summed E-state index contributed by atoms with van der Waals surface area (Å²) in [5.41, 5.74) is -1.86. The third-order valence-corrected chi connectivity index (χ3v) is 1.61. The molecule has 0 fully saturated rings. The van der Waals surface area contributed by atoms with Crippen molar-refractivity contribution >= 4 is 12.4 Å². The maximum Gasteiger partial charge on any atom is 0.417 e. The van der Waals surface area contributed by atoms with Gasteiger partial charge in [-0.25, -0.2) is 0 Å². The second kappa shape index (κ2) is 4.12. The molecule has 0 spiro atoms. The topological polar surface area (TPSA) is 49.9 Å². The van der Waals surface area contributed by atoms with Crippen molar-refractivity contribution in [2.45, 2.75) is 6.18 Å². The minimum Gasteiger partial charge on any atom is -0.328 e. The molecule has 0 radical (unpaired) electrons. The summed E-state index contributed by atoms with van der Waals surface area (Å²) < 4.78 is 36.6. The van der Waals surface area contributed by atoms with Crippen LogP contribution in [0.4, 0.5) is 13.2 Å². The smallest absolute Gasteiger partial charge is 0.328 e. The van der Waals surface area contributed by atoms with Crippen LogP contribution in [-0.4, -0.2) is 11.3 Å². The van der Waals surface area contributed by atoms with Crippen LogP contribution in [0.15, 0.2) is 23.1 Å². The third-order valence-electron chi connectivity index (χ3n) is 1.61. The minimum atomic E-state index is -4.52. The SMILES string of the molecule is O=CC=Cc1cc(C(F)(F)F)c[nH]c1=O. The first kappa shape index (κ1) is 11.2. The highest BCUT2D eigenvalue weighted by Gasteiger charge is 2.31. The van der Waals surface area contributed by atoms with E-state index < -0.39 is 17.3 Å². The molecule has 0 atom stereocenters. The third kappa shape index (κ3) is 2.80. The average molecular weight is 217 g/mol. The Balaban J connectivity index is 3.23. The van der Waals surface area contributed by atoms with Crippen LogP contribution in [0.25, 0.3) is 6.08 Å². The van der Waals surface area contributed by atoms with Crippen LogP contribution in [0.2, 0.25) is 0 Å². The second-order valence-electron chi connectivity index (χ2n) is 2.67. The molecule has 15 heavy (non-hydrogen) atoms. The van der Waals surface area contributed by atoms with Crippen molar-refractivity contribution in [3.8, 4) is 0 Å². The number of alkyl halides is 3. The Hall–Kier alpha value is -1.85. The van der Waals surface area contributed by atoms with Crippen molar-refractivity contribution < 1.29 is 18.0 Å². The Morgan fingerprint density at radius 3 is 2.53 bits per heavy atom. The molecule has 0 saturated carbocycles. The zero-order chi connectivity index (χ0) is 11.5. The van der Waals surface area contributed by atoms with Crippen molar-refractivity contribution in [3.63, 3.8) is 0 Å². The van der Waals surface area contributed by atoms with E-state index in [1.54, 1.807) is 0 Å². The molecule has 0 aromatic carbocycles. The Kier molecular flexibility index (Phi) is 3.08. The van der Waals surface area contributed by atoms with Crippen LogP contribution in [0, 0.1) is 0 Å². The molecule has 6 heteroatoms. The van der Waals surface area contributed by atoms with E-state index in [0.29, 0.717) is 18.5 Å². The minimum absolute atomic E-state index is 0.211. The predicted octanol–water partition coefficient (Wildman–Crippen LogP) is 1.61. The Morgan fingerprint density at radius 2 is 2.00 bits per heavy atom. The van der Waals surface area contributed by atoms with Crippen molar-refractivity contribution in [1.82, 2.24) is 4.98 Å². The van der Waals surface area contributed by atoms with E-state index >= 15 is 0 Å². The lowest BCUT2D eigenvalue weighted by atomic mass is 10.2. The normalized spacial score (nSPS) is 11.9. The van der Waals surface area contributed by atoms with Gasteiger partial charge in [0, 0.05) is 11.8 Å². The van der Waals surface area contributed by atoms with Crippen molar-refractivity contribution in [2.24, 2.45) is 0 Å². The van der Waals surface area contributed by atoms with Crippen molar-refractivity contribution in [3.05, 3.63) is 39.8 Å². The van der Waals surface area contributed by atoms with Gasteiger partial charge < -0.3 is 4.98 Å². The molecule has 1 aromatic rings. The summed E-state index contributed by atoms with van der Waals surface area (Å²) in [6, 6.07) is 0.679. The van der Waals surface area contributed by atoms with Gasteiger partial charge in [-0.3, -0.25) is 9.59 Å². The second-order valence-corrected chi connectivity index (χ2v) is 2.67. The number of hydrogen-bond donors (Lipinski definition) is 1. The molecule has 0 aliphatic heterocycles. The molecular weight excluding hydrogens is 211 g/mol. The number of rotatable bonds is 2. The van der Waals surface area contributed by atoms with E-state index in [2.05, 4.69) is 0 Å². The number of nitrogens with one attached hydrogen (secondary N) is 1. The van der Waals surface area contributed by atoms with Gasteiger partial charge in [-0.15, -0.1) is 0 Å². The van der Waals surface area contributed by atoms with E-state index in [4.69, 9.17) is 0 Å². The van der Waals surface area contributed by atoms with Crippen LogP contribution in [0.1, 0.15) is 11.1 Å². The summed E-state index contributed by atoms with van der Waals surface area (Å²) in [5.74, 6) is 0. The highest BCUT2D eigenvalue weighted by molar-refractivity contribution is 5.73. The molecule has 0 saturated heterocycles. The van der Waals surface area contributed by atoms with E-state index in [-0.39, 0.29) is 5.56 Å². The van der Waals surface area contributed by atoms with Gasteiger partial charge >= 0.3 is 6.18 Å². The molecule has 1 rings (SSSR count). The lowest BCUT2D eigenvalue weighted by Gasteiger charge is -2.05. The number of halogens is 3. The summed E-state index contributed by atoms with van der Waals surface area (Å²) >= 11 is 0. The standard InChI is InChI=1S/C9H6F3NO2/c10-9(11,12)7-4-6(2-1-3-14)8(15)13-5-7/h1-5H,(H,13,15). The number of H-pyrrole nitrogens is 1. The van der Waals surface area contributed by atoms with E-state index in [1.807, 2.05) is 4.98 Å². The number of carbonyl (C=O) groups is 1. The fraction of sp³-hybridized carbons (Fsp3) is 0.111. The monoisotopic (exact) mass is 217 g/mol. The molecule has 0 bridgehead atoms. The summed E-state index contributed by atoms with van der Waals surface area (Å²) in [4.78, 5) is 22.9. The van der Waals surface area contributed by atoms with Gasteiger partial charge in [-0.05, 0) is 18.2 Å². The quantitative estimate of drug-likeness (QED) is 0.604. The number of hydrogen-bond acceptors (Lipinski definition) is 2. The van der Waals surface area contributed by atoms with Crippen LogP contribution >= 0.6 is 0 Å². The number of carbonyl (C=O) groups excluding carboxylic acids is 1. The van der Waals surface area contributed by atoms with Crippen LogP contribution in [-0.2, 0) is 11.0 Å². The first-order chi connectivity index (χ1) is 6.95. The van der Waals surface area contributed by atoms with Gasteiger partial charge in [0.2, 0.25) is 0 Å². The van der Waals surface area contributed by atoms with Gasteiger partial charge in [0.25, 0.3) is 5.56 Å².